The summed E-state index contributed by atoms with van der Waals surface area (Å²) in [6.45, 7) is 2.03. The molecule has 0 saturated heterocycles. The van der Waals surface area contributed by atoms with E-state index in [1.807, 2.05) is 6.92 Å². The molecule has 0 aromatic carbocycles. The number of hydrogen-bond donors (Lipinski definition) is 2. The molecule has 1 aliphatic carbocycles. The van der Waals surface area contributed by atoms with E-state index in [-0.39, 0.29) is 18.6 Å². The van der Waals surface area contributed by atoms with Gasteiger partial charge in [-0.2, -0.15) is 5.26 Å². The van der Waals surface area contributed by atoms with Crippen molar-refractivity contribution in [3.63, 3.8) is 0 Å². The van der Waals surface area contributed by atoms with Crippen LogP contribution in [0.1, 0.15) is 39.0 Å². The Balaban J connectivity index is 2.50. The zero-order valence-electron chi connectivity index (χ0n) is 9.12. The second-order valence-corrected chi connectivity index (χ2v) is 4.14. The standard InChI is InChI=1S/C11H18N2O2/c1-2-9(4-7-14)13-10(15)11(8-12)5-3-6-11/h9,14H,2-7H2,1H3,(H,13,15). The molecule has 4 nitrogen and oxygen atoms in total. The SMILES string of the molecule is CCC(CCO)NC(=O)C1(C#N)CCC1. The van der Waals surface area contributed by atoms with E-state index in [0.717, 1.165) is 12.8 Å². The Morgan fingerprint density at radius 3 is 2.67 bits per heavy atom. The minimum Gasteiger partial charge on any atom is -0.396 e. The third-order valence-corrected chi connectivity index (χ3v) is 3.16. The molecule has 1 fully saturated rings. The van der Waals surface area contributed by atoms with Crippen LogP contribution >= 0.6 is 0 Å². The molecule has 0 heterocycles. The van der Waals surface area contributed by atoms with Gasteiger partial charge < -0.3 is 10.4 Å². The van der Waals surface area contributed by atoms with E-state index in [2.05, 4.69) is 11.4 Å². The highest BCUT2D eigenvalue weighted by atomic mass is 16.3. The predicted molar refractivity (Wildman–Crippen MR) is 55.8 cm³/mol. The normalized spacial score (nSPS) is 19.8. The van der Waals surface area contributed by atoms with Gasteiger partial charge >= 0.3 is 0 Å². The second-order valence-electron chi connectivity index (χ2n) is 4.14. The van der Waals surface area contributed by atoms with Gasteiger partial charge in [0.15, 0.2) is 0 Å². The van der Waals surface area contributed by atoms with Crippen LogP contribution in [0.25, 0.3) is 0 Å². The van der Waals surface area contributed by atoms with Crippen molar-refractivity contribution in [3.05, 3.63) is 0 Å². The molecule has 0 aliphatic heterocycles. The molecule has 0 bridgehead atoms. The highest BCUT2D eigenvalue weighted by Crippen LogP contribution is 2.40. The summed E-state index contributed by atoms with van der Waals surface area (Å²) in [5.74, 6) is -0.156. The first-order valence-electron chi connectivity index (χ1n) is 5.51. The Labute approximate surface area is 90.3 Å². The molecule has 1 unspecified atom stereocenters. The Hall–Kier alpha value is -1.08. The highest BCUT2D eigenvalue weighted by molar-refractivity contribution is 5.86. The van der Waals surface area contributed by atoms with Crippen LogP contribution in [0.2, 0.25) is 0 Å². The molecule has 0 aromatic heterocycles. The molecule has 0 radical (unpaired) electrons. The van der Waals surface area contributed by atoms with Gasteiger partial charge in [0.1, 0.15) is 5.41 Å². The number of nitrogens with one attached hydrogen (secondary N) is 1. The fourth-order valence-corrected chi connectivity index (χ4v) is 1.78. The average molecular weight is 210 g/mol. The lowest BCUT2D eigenvalue weighted by Gasteiger charge is -2.34. The van der Waals surface area contributed by atoms with Crippen molar-refractivity contribution in [1.29, 1.82) is 5.26 Å². The number of nitriles is 1. The van der Waals surface area contributed by atoms with Crippen molar-refractivity contribution in [1.82, 2.24) is 5.32 Å². The molecular weight excluding hydrogens is 192 g/mol. The Morgan fingerprint density at radius 2 is 2.33 bits per heavy atom. The molecule has 4 heteroatoms. The number of carbonyl (C=O) groups excluding carboxylic acids is 1. The van der Waals surface area contributed by atoms with Gasteiger partial charge in [-0.25, -0.2) is 0 Å². The number of nitrogens with zero attached hydrogens (tertiary/aromatic N) is 1. The summed E-state index contributed by atoms with van der Waals surface area (Å²) >= 11 is 0. The maximum absolute atomic E-state index is 11.8. The van der Waals surface area contributed by atoms with Gasteiger partial charge in [-0.05, 0) is 32.1 Å². The molecule has 15 heavy (non-hydrogen) atoms. The Bertz CT molecular complexity index is 266. The summed E-state index contributed by atoms with van der Waals surface area (Å²) in [7, 11) is 0. The average Bonchev–Trinajstić information content (AvgIpc) is 2.16. The van der Waals surface area contributed by atoms with Crippen LogP contribution in [-0.2, 0) is 4.79 Å². The Morgan fingerprint density at radius 1 is 1.67 bits per heavy atom. The van der Waals surface area contributed by atoms with Crippen LogP contribution in [0, 0.1) is 16.7 Å². The summed E-state index contributed by atoms with van der Waals surface area (Å²) in [4.78, 5) is 11.8. The van der Waals surface area contributed by atoms with Crippen molar-refractivity contribution < 1.29 is 9.90 Å². The first-order chi connectivity index (χ1) is 7.18. The number of aliphatic hydroxyl groups is 1. The summed E-state index contributed by atoms with van der Waals surface area (Å²) < 4.78 is 0. The molecule has 1 rings (SSSR count). The van der Waals surface area contributed by atoms with E-state index in [4.69, 9.17) is 10.4 Å². The number of hydrogen-bond acceptors (Lipinski definition) is 3. The van der Waals surface area contributed by atoms with Crippen LogP contribution in [-0.4, -0.2) is 23.7 Å². The van der Waals surface area contributed by atoms with Crippen LogP contribution in [0.4, 0.5) is 0 Å². The lowest BCUT2D eigenvalue weighted by molar-refractivity contribution is -0.132. The van der Waals surface area contributed by atoms with Crippen LogP contribution in [0.15, 0.2) is 0 Å². The van der Waals surface area contributed by atoms with E-state index >= 15 is 0 Å². The van der Waals surface area contributed by atoms with Gasteiger partial charge in [0, 0.05) is 12.6 Å². The topological polar surface area (TPSA) is 73.1 Å². The molecule has 0 aromatic rings. The number of carbonyl (C=O) groups is 1. The van der Waals surface area contributed by atoms with E-state index in [1.165, 1.54) is 0 Å². The third-order valence-electron chi connectivity index (χ3n) is 3.16. The van der Waals surface area contributed by atoms with Crippen LogP contribution in [0.5, 0.6) is 0 Å². The zero-order chi connectivity index (χ0) is 11.3. The smallest absolute Gasteiger partial charge is 0.240 e. The molecule has 1 atom stereocenters. The molecule has 84 valence electrons. The second kappa shape index (κ2) is 5.13. The van der Waals surface area contributed by atoms with Crippen molar-refractivity contribution in [3.8, 4) is 6.07 Å². The van der Waals surface area contributed by atoms with Gasteiger partial charge in [-0.3, -0.25) is 4.79 Å². The van der Waals surface area contributed by atoms with Gasteiger partial charge in [0.2, 0.25) is 5.91 Å². The van der Waals surface area contributed by atoms with Crippen molar-refractivity contribution in [2.75, 3.05) is 6.61 Å². The lowest BCUT2D eigenvalue weighted by atomic mass is 9.69. The largest absolute Gasteiger partial charge is 0.396 e. The van der Waals surface area contributed by atoms with Crippen molar-refractivity contribution in [2.24, 2.45) is 5.41 Å². The summed E-state index contributed by atoms with van der Waals surface area (Å²) in [6.07, 6.45) is 3.64. The maximum atomic E-state index is 11.8. The molecule has 1 amide bonds. The van der Waals surface area contributed by atoms with Crippen molar-refractivity contribution >= 4 is 5.91 Å². The van der Waals surface area contributed by atoms with Crippen LogP contribution in [0.3, 0.4) is 0 Å². The maximum Gasteiger partial charge on any atom is 0.240 e. The molecular formula is C11H18N2O2. The van der Waals surface area contributed by atoms with E-state index in [1.54, 1.807) is 0 Å². The summed E-state index contributed by atoms with van der Waals surface area (Å²) in [5.41, 5.74) is -0.775. The molecule has 0 spiro atoms. The fraction of sp³-hybridized carbons (Fsp3) is 0.818. The molecule has 1 saturated carbocycles. The fourth-order valence-electron chi connectivity index (χ4n) is 1.78. The van der Waals surface area contributed by atoms with Gasteiger partial charge in [0.25, 0.3) is 0 Å². The van der Waals surface area contributed by atoms with Gasteiger partial charge in [-0.1, -0.05) is 6.92 Å². The number of aliphatic hydroxyl groups excluding tert-OH is 1. The summed E-state index contributed by atoms with van der Waals surface area (Å²) in [6, 6.07) is 2.11. The van der Waals surface area contributed by atoms with E-state index in [0.29, 0.717) is 19.3 Å². The highest BCUT2D eigenvalue weighted by Gasteiger charge is 2.44. The first kappa shape index (κ1) is 12.0. The van der Waals surface area contributed by atoms with E-state index < -0.39 is 5.41 Å². The van der Waals surface area contributed by atoms with Crippen LogP contribution < -0.4 is 5.32 Å². The molecule has 2 N–H and O–H groups in total. The minimum atomic E-state index is -0.775. The predicted octanol–water partition coefficient (Wildman–Crippen LogP) is 0.957. The molecule has 1 aliphatic rings. The van der Waals surface area contributed by atoms with Gasteiger partial charge in [0.05, 0.1) is 6.07 Å². The minimum absolute atomic E-state index is 0.00618. The van der Waals surface area contributed by atoms with Gasteiger partial charge in [-0.15, -0.1) is 0 Å². The van der Waals surface area contributed by atoms with E-state index in [9.17, 15) is 4.79 Å². The third kappa shape index (κ3) is 2.48. The van der Waals surface area contributed by atoms with Crippen molar-refractivity contribution in [2.45, 2.75) is 45.1 Å². The first-order valence-corrected chi connectivity index (χ1v) is 5.51. The Kier molecular flexibility index (Phi) is 4.10. The monoisotopic (exact) mass is 210 g/mol. The number of rotatable bonds is 5. The zero-order valence-corrected chi connectivity index (χ0v) is 9.12. The quantitative estimate of drug-likeness (QED) is 0.709. The number of amides is 1. The lowest BCUT2D eigenvalue weighted by Crippen LogP contribution is -2.48. The summed E-state index contributed by atoms with van der Waals surface area (Å²) in [5, 5.41) is 20.6.